The van der Waals surface area contributed by atoms with Crippen LogP contribution in [0, 0.1) is 0 Å². The number of hydrogen-bond acceptors (Lipinski definition) is 6. The summed E-state index contributed by atoms with van der Waals surface area (Å²) in [4.78, 5) is 29.2. The van der Waals surface area contributed by atoms with Gasteiger partial charge in [-0.25, -0.2) is 24.9 Å². The molecule has 4 heterocycles. The van der Waals surface area contributed by atoms with Gasteiger partial charge in [0.15, 0.2) is 17.5 Å². The topological polar surface area (TPSA) is 77.3 Å². The van der Waals surface area contributed by atoms with E-state index in [1.807, 2.05) is 54.6 Å². The molecule has 0 unspecified atom stereocenters. The van der Waals surface area contributed by atoms with E-state index in [2.05, 4.69) is 132 Å². The van der Waals surface area contributed by atoms with E-state index in [1.165, 1.54) is 5.39 Å². The summed E-state index contributed by atoms with van der Waals surface area (Å²) in [5, 5.41) is 3.40. The summed E-state index contributed by atoms with van der Waals surface area (Å²) in [5.41, 5.74) is 11.7. The number of fused-ring (bicyclic) bond motifs is 3. The minimum Gasteiger partial charge on any atom is -0.265 e. The van der Waals surface area contributed by atoms with E-state index in [0.29, 0.717) is 17.5 Å². The van der Waals surface area contributed by atoms with Crippen molar-refractivity contribution in [3.63, 3.8) is 0 Å². The van der Waals surface area contributed by atoms with Crippen LogP contribution >= 0.6 is 0 Å². The summed E-state index contributed by atoms with van der Waals surface area (Å²) in [6.07, 6.45) is 3.61. The number of para-hydroxylation sites is 1. The molecule has 0 aliphatic carbocycles. The Kier molecular flexibility index (Phi) is 8.39. The molecule has 0 atom stereocenters. The Hall–Kier alpha value is -7.70. The Morgan fingerprint density at radius 1 is 0.268 bits per heavy atom. The van der Waals surface area contributed by atoms with Gasteiger partial charge in [-0.2, -0.15) is 0 Å². The Morgan fingerprint density at radius 3 is 1.45 bits per heavy atom. The van der Waals surface area contributed by atoms with Crippen molar-refractivity contribution in [1.29, 1.82) is 0 Å². The molecule has 6 nitrogen and oxygen atoms in total. The van der Waals surface area contributed by atoms with Gasteiger partial charge in [0.1, 0.15) is 0 Å². The molecule has 0 amide bonds. The van der Waals surface area contributed by atoms with Crippen LogP contribution in [-0.2, 0) is 0 Å². The number of rotatable bonds is 7. The Morgan fingerprint density at radius 2 is 0.750 bits per heavy atom. The summed E-state index contributed by atoms with van der Waals surface area (Å²) >= 11 is 0. The van der Waals surface area contributed by atoms with E-state index < -0.39 is 0 Å². The van der Waals surface area contributed by atoms with E-state index in [0.717, 1.165) is 77.9 Å². The Labute approximate surface area is 324 Å². The van der Waals surface area contributed by atoms with Crippen molar-refractivity contribution in [2.45, 2.75) is 0 Å². The average Bonchev–Trinajstić information content (AvgIpc) is 3.29. The van der Waals surface area contributed by atoms with Crippen LogP contribution in [0.5, 0.6) is 0 Å². The van der Waals surface area contributed by atoms with Crippen LogP contribution in [-0.4, -0.2) is 29.9 Å². The van der Waals surface area contributed by atoms with E-state index in [1.54, 1.807) is 12.4 Å². The van der Waals surface area contributed by atoms with Gasteiger partial charge in [0.2, 0.25) is 0 Å². The van der Waals surface area contributed by atoms with Crippen molar-refractivity contribution in [3.8, 4) is 79.1 Å². The SMILES string of the molecule is c1ccc(-c2nc(-c3ccc(-c4ccncc4)cc3)nc(-c3ccc(-c4cccc(-c5cccc(-c6nc7ccccc7c7ccccc67)n5)c4)cc3)n2)cc1. The lowest BCUT2D eigenvalue weighted by molar-refractivity contribution is 1.07. The highest BCUT2D eigenvalue weighted by molar-refractivity contribution is 6.10. The largest absolute Gasteiger partial charge is 0.265 e. The molecule has 0 N–H and O–H groups in total. The maximum absolute atomic E-state index is 5.16. The van der Waals surface area contributed by atoms with Crippen molar-refractivity contribution in [3.05, 3.63) is 194 Å². The van der Waals surface area contributed by atoms with Crippen LogP contribution in [0.4, 0.5) is 0 Å². The third-order valence-corrected chi connectivity index (χ3v) is 10.1. The van der Waals surface area contributed by atoms with Crippen LogP contribution in [0.15, 0.2) is 194 Å². The minimum absolute atomic E-state index is 0.614. The predicted octanol–water partition coefficient (Wildman–Crippen LogP) is 12.0. The van der Waals surface area contributed by atoms with Gasteiger partial charge < -0.3 is 0 Å². The van der Waals surface area contributed by atoms with E-state index >= 15 is 0 Å². The zero-order valence-corrected chi connectivity index (χ0v) is 30.2. The fourth-order valence-electron chi connectivity index (χ4n) is 7.20. The maximum atomic E-state index is 5.16. The van der Waals surface area contributed by atoms with Crippen molar-refractivity contribution in [2.75, 3.05) is 0 Å². The second kappa shape index (κ2) is 14.3. The van der Waals surface area contributed by atoms with E-state index in [4.69, 9.17) is 24.9 Å². The molecular formula is C50H32N6. The molecule has 0 saturated carbocycles. The van der Waals surface area contributed by atoms with Gasteiger partial charge in [-0.1, -0.05) is 146 Å². The Bertz CT molecular complexity index is 3000. The number of hydrogen-bond donors (Lipinski definition) is 0. The highest BCUT2D eigenvalue weighted by Gasteiger charge is 2.15. The number of benzene rings is 6. The smallest absolute Gasteiger partial charge is 0.164 e. The molecule has 0 saturated heterocycles. The summed E-state index contributed by atoms with van der Waals surface area (Å²) in [7, 11) is 0. The molecule has 0 bridgehead atoms. The van der Waals surface area contributed by atoms with Crippen molar-refractivity contribution >= 4 is 21.7 Å². The lowest BCUT2D eigenvalue weighted by atomic mass is 9.99. The van der Waals surface area contributed by atoms with Crippen LogP contribution in [0.2, 0.25) is 0 Å². The first-order chi connectivity index (χ1) is 27.7. The first kappa shape index (κ1) is 32.9. The van der Waals surface area contributed by atoms with E-state index in [9.17, 15) is 0 Å². The summed E-state index contributed by atoms with van der Waals surface area (Å²) in [5.74, 6) is 1.86. The first-order valence-electron chi connectivity index (χ1n) is 18.5. The van der Waals surface area contributed by atoms with Crippen LogP contribution in [0.3, 0.4) is 0 Å². The van der Waals surface area contributed by atoms with Crippen molar-refractivity contribution < 1.29 is 0 Å². The third kappa shape index (κ3) is 6.35. The molecule has 0 aliphatic rings. The third-order valence-electron chi connectivity index (χ3n) is 10.1. The second-order valence-electron chi connectivity index (χ2n) is 13.6. The highest BCUT2D eigenvalue weighted by Crippen LogP contribution is 2.34. The average molecular weight is 717 g/mol. The predicted molar refractivity (Wildman–Crippen MR) is 226 cm³/mol. The van der Waals surface area contributed by atoms with Crippen LogP contribution in [0.25, 0.3) is 101 Å². The molecule has 6 heteroatoms. The molecule has 0 aliphatic heterocycles. The molecule has 6 aromatic carbocycles. The fraction of sp³-hybridized carbons (Fsp3) is 0. The van der Waals surface area contributed by atoms with Gasteiger partial charge in [0.25, 0.3) is 0 Å². The summed E-state index contributed by atoms with van der Waals surface area (Å²) < 4.78 is 0. The summed E-state index contributed by atoms with van der Waals surface area (Å²) in [6, 6.07) is 62.2. The van der Waals surface area contributed by atoms with Gasteiger partial charge in [0, 0.05) is 45.4 Å². The number of aromatic nitrogens is 6. The van der Waals surface area contributed by atoms with Crippen molar-refractivity contribution in [1.82, 2.24) is 29.9 Å². The summed E-state index contributed by atoms with van der Waals surface area (Å²) in [6.45, 7) is 0. The number of nitrogens with zero attached hydrogens (tertiary/aromatic N) is 6. The molecule has 0 radical (unpaired) electrons. The van der Waals surface area contributed by atoms with Gasteiger partial charge in [-0.3, -0.25) is 4.98 Å². The molecule has 10 aromatic rings. The normalized spacial score (nSPS) is 11.2. The lowest BCUT2D eigenvalue weighted by Gasteiger charge is -2.11. The van der Waals surface area contributed by atoms with Crippen LogP contribution in [0.1, 0.15) is 0 Å². The zero-order chi connectivity index (χ0) is 37.3. The molecule has 56 heavy (non-hydrogen) atoms. The molecular weight excluding hydrogens is 685 g/mol. The lowest BCUT2D eigenvalue weighted by Crippen LogP contribution is -2.00. The minimum atomic E-state index is 0.614. The van der Waals surface area contributed by atoms with Gasteiger partial charge in [-0.05, 0) is 64.0 Å². The molecule has 0 spiro atoms. The van der Waals surface area contributed by atoms with E-state index in [-0.39, 0.29) is 0 Å². The monoisotopic (exact) mass is 716 g/mol. The first-order valence-corrected chi connectivity index (χ1v) is 18.5. The van der Waals surface area contributed by atoms with Gasteiger partial charge in [-0.15, -0.1) is 0 Å². The quantitative estimate of drug-likeness (QED) is 0.153. The van der Waals surface area contributed by atoms with Gasteiger partial charge in [0.05, 0.1) is 22.6 Å². The second-order valence-corrected chi connectivity index (χ2v) is 13.6. The molecule has 4 aromatic heterocycles. The zero-order valence-electron chi connectivity index (χ0n) is 30.2. The fourth-order valence-corrected chi connectivity index (χ4v) is 7.20. The highest BCUT2D eigenvalue weighted by atomic mass is 15.0. The number of pyridine rings is 3. The standard InChI is InChI=1S/C50H32N6/c1-2-10-36(11-3-1)48-54-49(37-24-20-33(21-25-37)35-28-30-51-31-29-35)56-50(55-48)38-26-22-34(23-27-38)39-12-8-13-40(32-39)44-18-9-19-46(52-44)47-43-16-5-4-14-41(43)42-15-6-7-17-45(42)53-47/h1-32H. The van der Waals surface area contributed by atoms with Crippen LogP contribution < -0.4 is 0 Å². The van der Waals surface area contributed by atoms with Gasteiger partial charge >= 0.3 is 0 Å². The molecule has 262 valence electrons. The maximum Gasteiger partial charge on any atom is 0.164 e. The molecule has 10 rings (SSSR count). The van der Waals surface area contributed by atoms with Crippen molar-refractivity contribution in [2.24, 2.45) is 0 Å². The molecule has 0 fully saturated rings. The Balaban J connectivity index is 0.975.